The number of ether oxygens (including phenoxy) is 1. The molecule has 7 nitrogen and oxygen atoms in total. The van der Waals surface area contributed by atoms with Gasteiger partial charge in [-0.15, -0.1) is 10.2 Å². The number of carboxylic acid groups (broad SMARTS) is 1. The topological polar surface area (TPSA) is 89.6 Å². The second kappa shape index (κ2) is 6.29. The maximum atomic E-state index is 11.6. The molecule has 128 valence electrons. The lowest BCUT2D eigenvalue weighted by atomic mass is 10.0. The van der Waals surface area contributed by atoms with Crippen LogP contribution in [-0.2, 0) is 0 Å². The molecule has 0 aliphatic heterocycles. The van der Waals surface area contributed by atoms with Gasteiger partial charge in [0.15, 0.2) is 0 Å². The molecule has 0 aliphatic rings. The normalized spacial score (nSPS) is 10.8. The number of aromatic carboxylic acids is 1. The van der Waals surface area contributed by atoms with E-state index in [9.17, 15) is 9.90 Å². The highest BCUT2D eigenvalue weighted by molar-refractivity contribution is 5.95. The van der Waals surface area contributed by atoms with Gasteiger partial charge in [0, 0.05) is 11.8 Å². The Morgan fingerprint density at radius 1 is 1.08 bits per heavy atom. The third-order valence-corrected chi connectivity index (χ3v) is 4.03. The molecule has 7 heteroatoms. The van der Waals surface area contributed by atoms with Gasteiger partial charge in [0.25, 0.3) is 0 Å². The molecule has 26 heavy (non-hydrogen) atoms. The first-order chi connectivity index (χ1) is 12.7. The van der Waals surface area contributed by atoms with Gasteiger partial charge in [0.2, 0.25) is 5.88 Å². The highest BCUT2D eigenvalue weighted by atomic mass is 16.5. The molecule has 0 fully saturated rings. The smallest absolute Gasteiger partial charge is 0.341 e. The number of rotatable bonds is 4. The van der Waals surface area contributed by atoms with Gasteiger partial charge < -0.3 is 9.84 Å². The average molecular weight is 346 g/mol. The van der Waals surface area contributed by atoms with Crippen LogP contribution in [0.25, 0.3) is 28.0 Å². The Kier molecular flexibility index (Phi) is 3.81. The van der Waals surface area contributed by atoms with Gasteiger partial charge in [0.05, 0.1) is 23.9 Å². The molecule has 0 amide bonds. The van der Waals surface area contributed by atoms with Crippen molar-refractivity contribution >= 4 is 11.5 Å². The molecule has 3 heterocycles. The summed E-state index contributed by atoms with van der Waals surface area (Å²) < 4.78 is 6.75. The van der Waals surface area contributed by atoms with Crippen molar-refractivity contribution in [2.75, 3.05) is 7.11 Å². The van der Waals surface area contributed by atoms with Crippen LogP contribution in [0.5, 0.6) is 5.88 Å². The molecule has 0 unspecified atom stereocenters. The van der Waals surface area contributed by atoms with E-state index in [1.54, 1.807) is 4.52 Å². The van der Waals surface area contributed by atoms with E-state index in [0.29, 0.717) is 11.4 Å². The Labute approximate surface area is 148 Å². The molecule has 0 bridgehead atoms. The van der Waals surface area contributed by atoms with Crippen LogP contribution in [0.4, 0.5) is 0 Å². The Bertz CT molecular complexity index is 1110. The standard InChI is InChI=1S/C19H14N4O3/c1-26-18-13(19(24)25)11-14(20-21-18)16-15-9-5-6-10-23(15)22-17(16)12-7-3-2-4-8-12/h2-11H,1H3,(H,24,25). The van der Waals surface area contributed by atoms with E-state index in [2.05, 4.69) is 15.3 Å². The summed E-state index contributed by atoms with van der Waals surface area (Å²) in [5, 5.41) is 22.2. The largest absolute Gasteiger partial charge is 0.479 e. The van der Waals surface area contributed by atoms with E-state index in [1.165, 1.54) is 13.2 Å². The van der Waals surface area contributed by atoms with E-state index in [0.717, 1.165) is 16.6 Å². The van der Waals surface area contributed by atoms with E-state index >= 15 is 0 Å². The summed E-state index contributed by atoms with van der Waals surface area (Å²) >= 11 is 0. The Hall–Kier alpha value is -3.74. The molecule has 4 rings (SSSR count). The summed E-state index contributed by atoms with van der Waals surface area (Å²) in [5.74, 6) is -1.16. The lowest BCUT2D eigenvalue weighted by Gasteiger charge is -2.06. The summed E-state index contributed by atoms with van der Waals surface area (Å²) in [6.07, 6.45) is 1.83. The van der Waals surface area contributed by atoms with Gasteiger partial charge in [-0.25, -0.2) is 9.31 Å². The third kappa shape index (κ3) is 2.55. The second-order valence-electron chi connectivity index (χ2n) is 5.58. The molecule has 1 aromatic carbocycles. The quantitative estimate of drug-likeness (QED) is 0.610. The Morgan fingerprint density at radius 3 is 2.58 bits per heavy atom. The minimum absolute atomic E-state index is 0.0287. The highest BCUT2D eigenvalue weighted by Gasteiger charge is 2.21. The molecule has 4 aromatic rings. The first kappa shape index (κ1) is 15.8. The SMILES string of the molecule is COc1nnc(-c2c(-c3ccccc3)nn3ccccc23)cc1C(=O)O. The second-order valence-corrected chi connectivity index (χ2v) is 5.58. The molecule has 0 aliphatic carbocycles. The van der Waals surface area contributed by atoms with Crippen molar-refractivity contribution in [1.82, 2.24) is 19.8 Å². The first-order valence-corrected chi connectivity index (χ1v) is 7.87. The molecular formula is C19H14N4O3. The predicted molar refractivity (Wildman–Crippen MR) is 95.2 cm³/mol. The minimum atomic E-state index is -1.13. The van der Waals surface area contributed by atoms with Gasteiger partial charge in [-0.3, -0.25) is 0 Å². The number of pyridine rings is 1. The monoisotopic (exact) mass is 346 g/mol. The number of hydrogen-bond acceptors (Lipinski definition) is 5. The van der Waals surface area contributed by atoms with Crippen LogP contribution in [0, 0.1) is 0 Å². The van der Waals surface area contributed by atoms with Crippen LogP contribution in [0.15, 0.2) is 60.8 Å². The third-order valence-electron chi connectivity index (χ3n) is 4.03. The van der Waals surface area contributed by atoms with Gasteiger partial charge in [-0.05, 0) is 18.2 Å². The van der Waals surface area contributed by atoms with Gasteiger partial charge in [-0.1, -0.05) is 36.4 Å². The summed E-state index contributed by atoms with van der Waals surface area (Å²) in [7, 11) is 1.36. The van der Waals surface area contributed by atoms with Crippen LogP contribution in [0.2, 0.25) is 0 Å². The maximum absolute atomic E-state index is 11.6. The zero-order valence-electron chi connectivity index (χ0n) is 13.8. The zero-order chi connectivity index (χ0) is 18.1. The van der Waals surface area contributed by atoms with E-state index in [4.69, 9.17) is 4.74 Å². The summed E-state index contributed by atoms with van der Waals surface area (Å²) in [5.41, 5.74) is 3.50. The maximum Gasteiger partial charge on any atom is 0.341 e. The summed E-state index contributed by atoms with van der Waals surface area (Å²) in [6.45, 7) is 0. The summed E-state index contributed by atoms with van der Waals surface area (Å²) in [6, 6.07) is 16.8. The predicted octanol–water partition coefficient (Wildman–Crippen LogP) is 3.17. The van der Waals surface area contributed by atoms with Gasteiger partial charge in [-0.2, -0.15) is 5.10 Å². The average Bonchev–Trinajstić information content (AvgIpc) is 3.07. The van der Waals surface area contributed by atoms with Crippen LogP contribution in [-0.4, -0.2) is 38.0 Å². The van der Waals surface area contributed by atoms with E-state index in [1.807, 2.05) is 54.7 Å². The van der Waals surface area contributed by atoms with Crippen molar-refractivity contribution in [2.45, 2.75) is 0 Å². The Balaban J connectivity index is 2.02. The fourth-order valence-corrected chi connectivity index (χ4v) is 2.86. The fourth-order valence-electron chi connectivity index (χ4n) is 2.86. The number of carboxylic acids is 1. The first-order valence-electron chi connectivity index (χ1n) is 7.87. The van der Waals surface area contributed by atoms with Crippen LogP contribution in [0.3, 0.4) is 0 Å². The molecule has 3 aromatic heterocycles. The van der Waals surface area contributed by atoms with Crippen molar-refractivity contribution in [3.05, 3.63) is 66.4 Å². The number of carbonyl (C=O) groups is 1. The zero-order valence-corrected chi connectivity index (χ0v) is 13.8. The number of benzene rings is 1. The molecule has 0 saturated carbocycles. The Morgan fingerprint density at radius 2 is 1.85 bits per heavy atom. The number of fused-ring (bicyclic) bond motifs is 1. The minimum Gasteiger partial charge on any atom is -0.479 e. The van der Waals surface area contributed by atoms with Crippen LogP contribution < -0.4 is 4.74 Å². The highest BCUT2D eigenvalue weighted by Crippen LogP contribution is 2.34. The van der Waals surface area contributed by atoms with Crippen LogP contribution in [0.1, 0.15) is 10.4 Å². The number of hydrogen-bond donors (Lipinski definition) is 1. The van der Waals surface area contributed by atoms with Crippen molar-refractivity contribution in [2.24, 2.45) is 0 Å². The molecular weight excluding hydrogens is 332 g/mol. The lowest BCUT2D eigenvalue weighted by molar-refractivity contribution is 0.0692. The number of aromatic nitrogens is 4. The van der Waals surface area contributed by atoms with Crippen molar-refractivity contribution in [3.8, 4) is 28.4 Å². The molecule has 0 spiro atoms. The van der Waals surface area contributed by atoms with E-state index in [-0.39, 0.29) is 11.4 Å². The van der Waals surface area contributed by atoms with Crippen LogP contribution >= 0.6 is 0 Å². The lowest BCUT2D eigenvalue weighted by Crippen LogP contribution is -2.05. The van der Waals surface area contributed by atoms with Gasteiger partial charge >= 0.3 is 5.97 Å². The summed E-state index contributed by atoms with van der Waals surface area (Å²) in [4.78, 5) is 11.6. The van der Waals surface area contributed by atoms with Crippen molar-refractivity contribution in [1.29, 1.82) is 0 Å². The molecule has 0 radical (unpaired) electrons. The van der Waals surface area contributed by atoms with Crippen molar-refractivity contribution < 1.29 is 14.6 Å². The van der Waals surface area contributed by atoms with E-state index < -0.39 is 5.97 Å². The van der Waals surface area contributed by atoms with Gasteiger partial charge in [0.1, 0.15) is 11.3 Å². The molecule has 0 saturated heterocycles. The van der Waals surface area contributed by atoms with Crippen molar-refractivity contribution in [3.63, 3.8) is 0 Å². The molecule has 1 N–H and O–H groups in total. The fraction of sp³-hybridized carbons (Fsp3) is 0.0526. The number of methoxy groups -OCH3 is 1. The number of nitrogens with zero attached hydrogens (tertiary/aromatic N) is 4. The molecule has 0 atom stereocenters.